The van der Waals surface area contributed by atoms with Gasteiger partial charge in [0.15, 0.2) is 0 Å². The number of carbonyl (C=O) groups is 1. The van der Waals surface area contributed by atoms with Crippen LogP contribution in [-0.2, 0) is 26.1 Å². The van der Waals surface area contributed by atoms with E-state index < -0.39 is 28.1 Å². The summed E-state index contributed by atoms with van der Waals surface area (Å²) in [6.45, 7) is 0.349. The van der Waals surface area contributed by atoms with Gasteiger partial charge < -0.3 is 4.74 Å². The number of ether oxygens (including phenoxy) is 1. The van der Waals surface area contributed by atoms with Crippen molar-refractivity contribution in [1.29, 1.82) is 0 Å². The first kappa shape index (κ1) is 23.6. The molecule has 0 amide bonds. The molecule has 0 saturated carbocycles. The van der Waals surface area contributed by atoms with Crippen LogP contribution in [0.3, 0.4) is 0 Å². The maximum Gasteiger partial charge on any atom is 0.324 e. The molecule has 2 atom stereocenters. The van der Waals surface area contributed by atoms with Crippen LogP contribution in [-0.4, -0.2) is 32.5 Å². The maximum absolute atomic E-state index is 13.6. The Hall–Kier alpha value is -3.59. The van der Waals surface area contributed by atoms with Gasteiger partial charge in [-0.15, -0.1) is 0 Å². The van der Waals surface area contributed by atoms with Gasteiger partial charge in [-0.25, -0.2) is 13.1 Å². The fraction of sp³-hybridized carbons (Fsp3) is 0.154. The number of hydrogen-bond donors (Lipinski definition) is 2. The minimum atomic E-state index is -4.06. The molecule has 1 heterocycles. The minimum Gasteiger partial charge on any atom is -0.468 e. The summed E-state index contributed by atoms with van der Waals surface area (Å²) in [6, 6.07) is 25.1. The number of aromatic nitrogens is 1. The van der Waals surface area contributed by atoms with Crippen molar-refractivity contribution in [3.8, 4) is 0 Å². The number of benzene rings is 3. The summed E-state index contributed by atoms with van der Waals surface area (Å²) in [7, 11) is -2.78. The molecule has 34 heavy (non-hydrogen) atoms. The largest absolute Gasteiger partial charge is 0.468 e. The van der Waals surface area contributed by atoms with Crippen LogP contribution in [0.1, 0.15) is 17.2 Å². The number of hydrogen-bond acceptors (Lipinski definition) is 6. The Morgan fingerprint density at radius 1 is 0.912 bits per heavy atom. The highest BCUT2D eigenvalue weighted by Gasteiger charge is 2.34. The van der Waals surface area contributed by atoms with Crippen LogP contribution in [0.2, 0.25) is 0 Å². The number of sulfonamides is 1. The van der Waals surface area contributed by atoms with Crippen LogP contribution in [0.5, 0.6) is 0 Å². The summed E-state index contributed by atoms with van der Waals surface area (Å²) in [4.78, 5) is 17.2. The molecule has 0 aliphatic carbocycles. The van der Waals surface area contributed by atoms with Crippen molar-refractivity contribution in [1.82, 2.24) is 15.0 Å². The zero-order valence-corrected chi connectivity index (χ0v) is 19.4. The molecule has 2 N–H and O–H groups in total. The van der Waals surface area contributed by atoms with Crippen molar-refractivity contribution in [3.63, 3.8) is 0 Å². The van der Waals surface area contributed by atoms with Gasteiger partial charge in [0.2, 0.25) is 10.0 Å². The van der Waals surface area contributed by atoms with Gasteiger partial charge in [-0.2, -0.15) is 0 Å². The van der Waals surface area contributed by atoms with E-state index in [4.69, 9.17) is 4.74 Å². The molecule has 0 radical (unpaired) electrons. The number of esters is 1. The molecule has 0 bridgehead atoms. The Morgan fingerprint density at radius 2 is 1.59 bits per heavy atom. The molecule has 4 rings (SSSR count). The first-order valence-electron chi connectivity index (χ1n) is 10.8. The third-order valence-corrected chi connectivity index (χ3v) is 6.96. The highest BCUT2D eigenvalue weighted by molar-refractivity contribution is 7.89. The average Bonchev–Trinajstić information content (AvgIpc) is 2.88. The molecule has 0 unspecified atom stereocenters. The Bertz CT molecular complexity index is 1360. The molecule has 8 heteroatoms. The topological polar surface area (TPSA) is 97.4 Å². The van der Waals surface area contributed by atoms with Gasteiger partial charge in [-0.3, -0.25) is 15.1 Å². The molecule has 0 aliphatic heterocycles. The van der Waals surface area contributed by atoms with Gasteiger partial charge in [0.05, 0.1) is 18.7 Å². The lowest BCUT2D eigenvalue weighted by Gasteiger charge is -2.27. The van der Waals surface area contributed by atoms with Crippen LogP contribution in [0.15, 0.2) is 102 Å². The standard InChI is InChI=1S/C26H25N3O4S/c1-33-26(30)25(28-18-19-10-4-2-5-11-19)24(21-12-6-3-7-13-21)29-34(31,32)22-16-8-14-20-15-9-17-27-23(20)22/h2-17,24-25,28-29H,18H2,1H3/t24-,25-/m0/s1. The van der Waals surface area contributed by atoms with Gasteiger partial charge in [0.25, 0.3) is 0 Å². The van der Waals surface area contributed by atoms with E-state index in [1.165, 1.54) is 13.2 Å². The molecular formula is C26H25N3O4S. The average molecular weight is 476 g/mol. The monoisotopic (exact) mass is 475 g/mol. The second-order valence-corrected chi connectivity index (χ2v) is 9.39. The molecule has 4 aromatic rings. The number of fused-ring (bicyclic) bond motifs is 1. The SMILES string of the molecule is COC(=O)[C@@H](NCc1ccccc1)[C@@H](NS(=O)(=O)c1cccc2cccnc12)c1ccccc1. The number of nitrogens with zero attached hydrogens (tertiary/aromatic N) is 1. The number of rotatable bonds is 9. The lowest BCUT2D eigenvalue weighted by atomic mass is 10.00. The second-order valence-electron chi connectivity index (χ2n) is 7.71. The Balaban J connectivity index is 1.73. The summed E-state index contributed by atoms with van der Waals surface area (Å²) in [5, 5.41) is 3.88. The predicted octanol–water partition coefficient (Wildman–Crippen LogP) is 3.59. The van der Waals surface area contributed by atoms with Crippen molar-refractivity contribution in [2.45, 2.75) is 23.5 Å². The van der Waals surface area contributed by atoms with Crippen LogP contribution >= 0.6 is 0 Å². The Morgan fingerprint density at radius 3 is 2.29 bits per heavy atom. The fourth-order valence-electron chi connectivity index (χ4n) is 3.80. The first-order chi connectivity index (χ1) is 16.5. The summed E-state index contributed by atoms with van der Waals surface area (Å²) >= 11 is 0. The molecule has 0 aliphatic rings. The number of nitrogens with one attached hydrogen (secondary N) is 2. The van der Waals surface area contributed by atoms with Crippen molar-refractivity contribution >= 4 is 26.9 Å². The van der Waals surface area contributed by atoms with Gasteiger partial charge in [-0.1, -0.05) is 78.9 Å². The van der Waals surface area contributed by atoms with E-state index in [0.717, 1.165) is 5.56 Å². The van der Waals surface area contributed by atoms with Crippen molar-refractivity contribution in [2.24, 2.45) is 0 Å². The summed E-state index contributed by atoms with van der Waals surface area (Å²) < 4.78 is 35.0. The smallest absolute Gasteiger partial charge is 0.324 e. The summed E-state index contributed by atoms with van der Waals surface area (Å²) in [6.07, 6.45) is 1.55. The van der Waals surface area contributed by atoms with E-state index in [2.05, 4.69) is 15.0 Å². The molecule has 0 saturated heterocycles. The molecule has 174 valence electrons. The number of methoxy groups -OCH3 is 1. The van der Waals surface area contributed by atoms with E-state index >= 15 is 0 Å². The van der Waals surface area contributed by atoms with Crippen LogP contribution in [0, 0.1) is 0 Å². The molecule has 0 spiro atoms. The third kappa shape index (κ3) is 5.31. The molecular weight excluding hydrogens is 450 g/mol. The normalized spacial score (nSPS) is 13.3. The lowest BCUT2D eigenvalue weighted by Crippen LogP contribution is -2.48. The van der Waals surface area contributed by atoms with E-state index in [0.29, 0.717) is 23.0 Å². The van der Waals surface area contributed by atoms with Crippen molar-refractivity contribution in [3.05, 3.63) is 108 Å². The van der Waals surface area contributed by atoms with E-state index in [1.54, 1.807) is 54.7 Å². The van der Waals surface area contributed by atoms with E-state index in [1.807, 2.05) is 36.4 Å². The van der Waals surface area contributed by atoms with Crippen molar-refractivity contribution in [2.75, 3.05) is 7.11 Å². The summed E-state index contributed by atoms with van der Waals surface area (Å²) in [5.41, 5.74) is 1.93. The molecule has 0 fully saturated rings. The molecule has 1 aromatic heterocycles. The molecule has 7 nitrogen and oxygen atoms in total. The zero-order valence-electron chi connectivity index (χ0n) is 18.6. The minimum absolute atomic E-state index is 0.0400. The van der Waals surface area contributed by atoms with Crippen LogP contribution in [0.25, 0.3) is 10.9 Å². The lowest BCUT2D eigenvalue weighted by molar-refractivity contribution is -0.143. The Kier molecular flexibility index (Phi) is 7.32. The quantitative estimate of drug-likeness (QED) is 0.359. The van der Waals surface area contributed by atoms with Crippen LogP contribution in [0.4, 0.5) is 0 Å². The summed E-state index contributed by atoms with van der Waals surface area (Å²) in [5.74, 6) is -0.580. The Labute approximate surface area is 198 Å². The third-order valence-electron chi connectivity index (χ3n) is 5.48. The number of pyridine rings is 1. The van der Waals surface area contributed by atoms with Gasteiger partial charge in [0.1, 0.15) is 10.9 Å². The second kappa shape index (κ2) is 10.6. The van der Waals surface area contributed by atoms with E-state index in [-0.39, 0.29) is 4.90 Å². The first-order valence-corrected chi connectivity index (χ1v) is 12.2. The van der Waals surface area contributed by atoms with Crippen LogP contribution < -0.4 is 10.0 Å². The maximum atomic E-state index is 13.6. The predicted molar refractivity (Wildman–Crippen MR) is 130 cm³/mol. The highest BCUT2D eigenvalue weighted by Crippen LogP contribution is 2.25. The van der Waals surface area contributed by atoms with E-state index in [9.17, 15) is 13.2 Å². The number of carbonyl (C=O) groups excluding carboxylic acids is 1. The van der Waals surface area contributed by atoms with Crippen molar-refractivity contribution < 1.29 is 17.9 Å². The zero-order chi connectivity index (χ0) is 24.0. The van der Waals surface area contributed by atoms with Gasteiger partial charge in [0, 0.05) is 18.1 Å². The highest BCUT2D eigenvalue weighted by atomic mass is 32.2. The van der Waals surface area contributed by atoms with Gasteiger partial charge in [-0.05, 0) is 23.3 Å². The number of para-hydroxylation sites is 1. The fourth-order valence-corrected chi connectivity index (χ4v) is 5.22. The van der Waals surface area contributed by atoms with Gasteiger partial charge >= 0.3 is 5.97 Å². The molecule has 3 aromatic carbocycles.